The summed E-state index contributed by atoms with van der Waals surface area (Å²) in [6.07, 6.45) is -0.570. The first-order valence-corrected chi connectivity index (χ1v) is 10.3. The molecule has 3 N–H and O–H groups in total. The minimum absolute atomic E-state index is 0.0655. The van der Waals surface area contributed by atoms with E-state index in [4.69, 9.17) is 11.2 Å². The number of carbonyl (C=O) groups excluding carboxylic acids is 1. The van der Waals surface area contributed by atoms with Crippen molar-refractivity contribution >= 4 is 15.9 Å². The lowest BCUT2D eigenvalue weighted by molar-refractivity contribution is -0.137. The van der Waals surface area contributed by atoms with E-state index in [2.05, 4.69) is 16.0 Å². The quantitative estimate of drug-likeness (QED) is 0.499. The smallest absolute Gasteiger partial charge is 0.416 e. The molecular weight excluding hydrogens is 437 g/mol. The third-order valence-electron chi connectivity index (χ3n) is 3.91. The molecule has 0 saturated carbocycles. The van der Waals surface area contributed by atoms with Gasteiger partial charge in [0.2, 0.25) is 10.0 Å². The molecule has 2 aromatic rings. The Hall–Kier alpha value is -3.07. The molecule has 31 heavy (non-hydrogen) atoms. The van der Waals surface area contributed by atoms with Crippen LogP contribution in [-0.2, 0) is 16.2 Å². The van der Waals surface area contributed by atoms with Crippen LogP contribution >= 0.6 is 0 Å². The van der Waals surface area contributed by atoms with Crippen LogP contribution in [-0.4, -0.2) is 45.2 Å². The van der Waals surface area contributed by atoms with Gasteiger partial charge in [-0.2, -0.15) is 17.9 Å². The van der Waals surface area contributed by atoms with Gasteiger partial charge in [0.1, 0.15) is 18.5 Å². The van der Waals surface area contributed by atoms with E-state index in [-0.39, 0.29) is 35.9 Å². The van der Waals surface area contributed by atoms with Gasteiger partial charge in [-0.15, -0.1) is 6.42 Å². The van der Waals surface area contributed by atoms with Gasteiger partial charge in [-0.25, -0.2) is 8.42 Å². The minimum Gasteiger partial charge on any atom is -0.491 e. The highest BCUT2D eigenvalue weighted by Gasteiger charge is 2.30. The van der Waals surface area contributed by atoms with Gasteiger partial charge in [-0.1, -0.05) is 5.92 Å². The molecule has 1 unspecified atom stereocenters. The van der Waals surface area contributed by atoms with E-state index in [1.165, 1.54) is 24.3 Å². The number of benzene rings is 2. The first-order chi connectivity index (χ1) is 14.5. The molecule has 0 bridgehead atoms. The number of hydrogen-bond acceptors (Lipinski definition) is 5. The lowest BCUT2D eigenvalue weighted by Crippen LogP contribution is -2.35. The van der Waals surface area contributed by atoms with Gasteiger partial charge >= 0.3 is 6.18 Å². The van der Waals surface area contributed by atoms with E-state index in [9.17, 15) is 31.5 Å². The predicted molar refractivity (Wildman–Crippen MR) is 106 cm³/mol. The van der Waals surface area contributed by atoms with Gasteiger partial charge in [-0.05, 0) is 48.5 Å². The zero-order chi connectivity index (χ0) is 23.1. The number of hydrogen-bond donors (Lipinski definition) is 3. The van der Waals surface area contributed by atoms with E-state index in [1.54, 1.807) is 0 Å². The monoisotopic (exact) mass is 456 g/mol. The van der Waals surface area contributed by atoms with Crippen molar-refractivity contribution in [3.63, 3.8) is 0 Å². The lowest BCUT2D eigenvalue weighted by atomic mass is 10.2. The number of halogens is 3. The van der Waals surface area contributed by atoms with E-state index in [0.29, 0.717) is 0 Å². The van der Waals surface area contributed by atoms with Gasteiger partial charge in [0.15, 0.2) is 0 Å². The Balaban J connectivity index is 1.83. The fourth-order valence-corrected chi connectivity index (χ4v) is 3.24. The molecule has 0 aliphatic rings. The number of nitrogens with one attached hydrogen (secondary N) is 2. The number of ether oxygens (including phenoxy) is 1. The fraction of sp³-hybridized carbons (Fsp3) is 0.250. The molecule has 2 aromatic carbocycles. The van der Waals surface area contributed by atoms with Crippen LogP contribution in [0.5, 0.6) is 5.75 Å². The Morgan fingerprint density at radius 1 is 1.13 bits per heavy atom. The van der Waals surface area contributed by atoms with Gasteiger partial charge in [0.25, 0.3) is 5.91 Å². The summed E-state index contributed by atoms with van der Waals surface area (Å²) in [7, 11) is -3.78. The summed E-state index contributed by atoms with van der Waals surface area (Å²) in [6, 6.07) is 9.03. The second-order valence-corrected chi connectivity index (χ2v) is 8.02. The molecule has 0 heterocycles. The van der Waals surface area contributed by atoms with Gasteiger partial charge in [0, 0.05) is 12.1 Å². The highest BCUT2D eigenvalue weighted by molar-refractivity contribution is 7.89. The number of aliphatic hydroxyl groups is 1. The molecule has 0 fully saturated rings. The Kier molecular flexibility index (Phi) is 8.04. The van der Waals surface area contributed by atoms with Crippen molar-refractivity contribution in [2.24, 2.45) is 0 Å². The Morgan fingerprint density at radius 3 is 2.29 bits per heavy atom. The maximum absolute atomic E-state index is 12.5. The predicted octanol–water partition coefficient (Wildman–Crippen LogP) is 1.79. The molecule has 0 aliphatic carbocycles. The fourth-order valence-electron chi connectivity index (χ4n) is 2.31. The first kappa shape index (κ1) is 24.2. The number of alkyl halides is 3. The molecule has 1 amide bonds. The normalized spacial score (nSPS) is 12.6. The molecule has 1 atom stereocenters. The van der Waals surface area contributed by atoms with Crippen molar-refractivity contribution < 1.29 is 36.2 Å². The van der Waals surface area contributed by atoms with Crippen LogP contribution in [0, 0.1) is 12.3 Å². The van der Waals surface area contributed by atoms with Crippen LogP contribution in [0.25, 0.3) is 0 Å². The average molecular weight is 456 g/mol. The molecule has 7 nitrogen and oxygen atoms in total. The number of sulfonamides is 1. The van der Waals surface area contributed by atoms with Crippen molar-refractivity contribution in [2.45, 2.75) is 17.2 Å². The van der Waals surface area contributed by atoms with E-state index in [0.717, 1.165) is 24.3 Å². The molecule has 166 valence electrons. The topological polar surface area (TPSA) is 105 Å². The highest BCUT2D eigenvalue weighted by atomic mass is 32.2. The summed E-state index contributed by atoms with van der Waals surface area (Å²) in [5, 5.41) is 12.3. The molecule has 0 aromatic heterocycles. The minimum atomic E-state index is -4.46. The van der Waals surface area contributed by atoms with Gasteiger partial charge in [-0.3, -0.25) is 4.79 Å². The number of aliphatic hydroxyl groups excluding tert-OH is 1. The van der Waals surface area contributed by atoms with E-state index in [1.807, 2.05) is 0 Å². The van der Waals surface area contributed by atoms with Crippen LogP contribution in [0.1, 0.15) is 15.9 Å². The van der Waals surface area contributed by atoms with Crippen LogP contribution in [0.3, 0.4) is 0 Å². The zero-order valence-electron chi connectivity index (χ0n) is 16.0. The Bertz CT molecular complexity index is 1030. The third kappa shape index (κ3) is 7.29. The summed E-state index contributed by atoms with van der Waals surface area (Å²) in [4.78, 5) is 12.1. The Morgan fingerprint density at radius 2 is 1.74 bits per heavy atom. The average Bonchev–Trinajstić information content (AvgIpc) is 2.74. The zero-order valence-corrected chi connectivity index (χ0v) is 16.8. The van der Waals surface area contributed by atoms with Crippen LogP contribution in [0.4, 0.5) is 13.2 Å². The molecule has 0 radical (unpaired) electrons. The van der Waals surface area contributed by atoms with Crippen molar-refractivity contribution in [1.82, 2.24) is 10.0 Å². The van der Waals surface area contributed by atoms with Crippen molar-refractivity contribution in [3.05, 3.63) is 59.7 Å². The second-order valence-electron chi connectivity index (χ2n) is 6.25. The SMILES string of the molecule is C#CCNS(=O)(=O)c1ccc(C(=O)NCC(O)COc2ccc(C(F)(F)F)cc2)cc1. The molecule has 0 aliphatic heterocycles. The number of rotatable bonds is 9. The summed E-state index contributed by atoms with van der Waals surface area (Å²) in [6.45, 7) is -0.621. The molecule has 11 heteroatoms. The summed E-state index contributed by atoms with van der Waals surface area (Å²) < 4.78 is 68.8. The summed E-state index contributed by atoms with van der Waals surface area (Å²) >= 11 is 0. The van der Waals surface area contributed by atoms with Gasteiger partial charge < -0.3 is 15.2 Å². The highest BCUT2D eigenvalue weighted by Crippen LogP contribution is 2.30. The maximum atomic E-state index is 12.5. The van der Waals surface area contributed by atoms with Crippen molar-refractivity contribution in [2.75, 3.05) is 19.7 Å². The second kappa shape index (κ2) is 10.3. The lowest BCUT2D eigenvalue weighted by Gasteiger charge is -2.14. The van der Waals surface area contributed by atoms with Crippen LogP contribution in [0.15, 0.2) is 53.4 Å². The number of terminal acetylenes is 1. The molecule has 0 spiro atoms. The van der Waals surface area contributed by atoms with Crippen LogP contribution in [0.2, 0.25) is 0 Å². The third-order valence-corrected chi connectivity index (χ3v) is 5.33. The largest absolute Gasteiger partial charge is 0.491 e. The summed E-state index contributed by atoms with van der Waals surface area (Å²) in [5.74, 6) is 1.72. The maximum Gasteiger partial charge on any atom is 0.416 e. The summed E-state index contributed by atoms with van der Waals surface area (Å²) in [5.41, 5.74) is -0.662. The Labute approximate surface area is 177 Å². The van der Waals surface area contributed by atoms with Crippen molar-refractivity contribution in [1.29, 1.82) is 0 Å². The van der Waals surface area contributed by atoms with E-state index < -0.39 is 33.8 Å². The molecule has 2 rings (SSSR count). The number of carbonyl (C=O) groups is 1. The standard InChI is InChI=1S/C20H19F3N2O5S/c1-2-11-25-31(28,29)18-9-3-14(4-10-18)19(27)24-12-16(26)13-30-17-7-5-15(6-8-17)20(21,22)23/h1,3-10,16,25-26H,11-13H2,(H,24,27). The molecular formula is C20H19F3N2O5S. The van der Waals surface area contributed by atoms with Crippen molar-refractivity contribution in [3.8, 4) is 18.1 Å². The van der Waals surface area contributed by atoms with Crippen LogP contribution < -0.4 is 14.8 Å². The van der Waals surface area contributed by atoms with Gasteiger partial charge in [0.05, 0.1) is 17.0 Å². The van der Waals surface area contributed by atoms with E-state index >= 15 is 0 Å². The molecule has 0 saturated heterocycles. The first-order valence-electron chi connectivity index (χ1n) is 8.82. The number of amides is 1.